The van der Waals surface area contributed by atoms with Crippen molar-refractivity contribution < 1.29 is 4.65 Å². The van der Waals surface area contributed by atoms with Crippen molar-refractivity contribution in [3.63, 3.8) is 0 Å². The van der Waals surface area contributed by atoms with Gasteiger partial charge >= 0.3 is 7.05 Å². The van der Waals surface area contributed by atoms with Crippen molar-refractivity contribution in [1.29, 1.82) is 0 Å². The number of hydrogen-bond donors (Lipinski definition) is 1. The highest BCUT2D eigenvalue weighted by Gasteiger charge is 2.18. The van der Waals surface area contributed by atoms with Crippen LogP contribution in [-0.2, 0) is 4.65 Å². The Balaban J connectivity index is 2.22. The molecule has 0 bridgehead atoms. The molecule has 0 unspecified atom stereocenters. The van der Waals surface area contributed by atoms with Crippen LogP contribution in [-0.4, -0.2) is 7.05 Å². The summed E-state index contributed by atoms with van der Waals surface area (Å²) in [4.78, 5) is 0. The summed E-state index contributed by atoms with van der Waals surface area (Å²) in [6, 6.07) is 10.1. The van der Waals surface area contributed by atoms with Crippen LogP contribution in [0.3, 0.4) is 0 Å². The van der Waals surface area contributed by atoms with Gasteiger partial charge in [0.05, 0.1) is 0 Å². The molecule has 1 aliphatic heterocycles. The number of hydrogen-bond acceptors (Lipinski definition) is 2. The molecule has 60 valence electrons. The Hall–Kier alpha value is -1.38. The monoisotopic (exact) mass is 159 g/mol. The van der Waals surface area contributed by atoms with Crippen molar-refractivity contribution in [3.8, 4) is 0 Å². The lowest BCUT2D eigenvalue weighted by atomic mass is 9.90. The third-order valence-electron chi connectivity index (χ3n) is 1.81. The lowest BCUT2D eigenvalue weighted by Gasteiger charge is -2.04. The molecule has 2 nitrogen and oxygen atoms in total. The van der Waals surface area contributed by atoms with Gasteiger partial charge in [-0.3, -0.25) is 0 Å². The lowest BCUT2D eigenvalue weighted by molar-refractivity contribution is 0.543. The summed E-state index contributed by atoms with van der Waals surface area (Å²) in [6.45, 7) is 1.98. The first kappa shape index (κ1) is 7.28. The van der Waals surface area contributed by atoms with Crippen molar-refractivity contribution in [1.82, 2.24) is 5.23 Å². The molecule has 0 saturated carbocycles. The van der Waals surface area contributed by atoms with Crippen molar-refractivity contribution in [3.05, 3.63) is 42.1 Å². The van der Waals surface area contributed by atoms with Crippen molar-refractivity contribution in [2.45, 2.75) is 6.82 Å². The van der Waals surface area contributed by atoms with Gasteiger partial charge in [-0.05, 0) is 6.82 Å². The smallest absolute Gasteiger partial charge is 0.476 e. The molecule has 0 aliphatic carbocycles. The van der Waals surface area contributed by atoms with Crippen molar-refractivity contribution >= 4 is 12.8 Å². The van der Waals surface area contributed by atoms with E-state index in [0.29, 0.717) is 0 Å². The highest BCUT2D eigenvalue weighted by atomic mass is 16.5. The number of nitrogens with one attached hydrogen (secondary N) is 1. The quantitative estimate of drug-likeness (QED) is 0.630. The third kappa shape index (κ3) is 1.30. The lowest BCUT2D eigenvalue weighted by Crippen LogP contribution is -2.21. The second-order valence-corrected chi connectivity index (χ2v) is 2.80. The molecule has 0 radical (unpaired) electrons. The highest BCUT2D eigenvalue weighted by Crippen LogP contribution is 2.18. The fourth-order valence-electron chi connectivity index (χ4n) is 1.21. The summed E-state index contributed by atoms with van der Waals surface area (Å²) in [5, 5.41) is 3.08. The van der Waals surface area contributed by atoms with E-state index in [-0.39, 0.29) is 7.05 Å². The molecule has 3 heteroatoms. The Morgan fingerprint density at radius 2 is 2.00 bits per heavy atom. The molecule has 1 aliphatic rings. The van der Waals surface area contributed by atoms with Crippen LogP contribution in [0.15, 0.2) is 36.5 Å². The summed E-state index contributed by atoms with van der Waals surface area (Å²) in [6.07, 6.45) is 1.90. The Morgan fingerprint density at radius 3 is 2.58 bits per heavy atom. The maximum atomic E-state index is 5.50. The molecule has 2 rings (SSSR count). The maximum absolute atomic E-state index is 5.50. The zero-order chi connectivity index (χ0) is 8.39. The van der Waals surface area contributed by atoms with Gasteiger partial charge in [0.25, 0.3) is 0 Å². The van der Waals surface area contributed by atoms with E-state index in [1.807, 2.05) is 43.4 Å². The molecule has 1 aromatic rings. The number of rotatable bonds is 1. The minimum Gasteiger partial charge on any atom is -0.540 e. The van der Waals surface area contributed by atoms with Crippen LogP contribution in [0.25, 0.3) is 5.76 Å². The normalized spacial score (nSPS) is 15.1. The summed E-state index contributed by atoms with van der Waals surface area (Å²) in [5.74, 6) is 0.920. The van der Waals surface area contributed by atoms with Crippen LogP contribution in [0.4, 0.5) is 0 Å². The van der Waals surface area contributed by atoms with Crippen molar-refractivity contribution in [2.75, 3.05) is 0 Å². The molecule has 1 aromatic carbocycles. The fraction of sp³-hybridized carbons (Fsp3) is 0.111. The molecular formula is C9H10BNO. The Bertz CT molecular complexity index is 297. The predicted octanol–water partition coefficient (Wildman–Crippen LogP) is 1.72. The molecule has 0 atom stereocenters. The van der Waals surface area contributed by atoms with E-state index < -0.39 is 0 Å². The zero-order valence-corrected chi connectivity index (χ0v) is 6.95. The average molecular weight is 159 g/mol. The molecular weight excluding hydrogens is 149 g/mol. The van der Waals surface area contributed by atoms with Gasteiger partial charge in [-0.1, -0.05) is 30.3 Å². The molecule has 0 aromatic heterocycles. The second kappa shape index (κ2) is 2.93. The summed E-state index contributed by atoms with van der Waals surface area (Å²) < 4.78 is 5.50. The number of benzene rings is 1. The van der Waals surface area contributed by atoms with E-state index in [4.69, 9.17) is 4.65 Å². The van der Waals surface area contributed by atoms with Gasteiger partial charge in [-0.15, -0.1) is 0 Å². The van der Waals surface area contributed by atoms with E-state index in [1.165, 1.54) is 0 Å². The second-order valence-electron chi connectivity index (χ2n) is 2.80. The van der Waals surface area contributed by atoms with Gasteiger partial charge in [-0.25, -0.2) is 0 Å². The van der Waals surface area contributed by atoms with Crippen molar-refractivity contribution in [2.24, 2.45) is 0 Å². The molecule has 1 N–H and O–H groups in total. The molecule has 0 fully saturated rings. The van der Waals surface area contributed by atoms with E-state index in [9.17, 15) is 0 Å². The van der Waals surface area contributed by atoms with E-state index in [1.54, 1.807) is 0 Å². The van der Waals surface area contributed by atoms with Crippen LogP contribution in [0.2, 0.25) is 6.82 Å². The Labute approximate surface area is 72.4 Å². The molecule has 0 amide bonds. The first-order valence-corrected chi connectivity index (χ1v) is 4.04. The largest absolute Gasteiger partial charge is 0.540 e. The van der Waals surface area contributed by atoms with E-state index in [0.717, 1.165) is 11.3 Å². The highest BCUT2D eigenvalue weighted by molar-refractivity contribution is 6.50. The maximum Gasteiger partial charge on any atom is 0.476 e. The predicted molar refractivity (Wildman–Crippen MR) is 50.3 cm³/mol. The molecule has 1 heterocycles. The first-order chi connectivity index (χ1) is 5.86. The molecule has 0 spiro atoms. The van der Waals surface area contributed by atoms with Gasteiger partial charge in [0.1, 0.15) is 5.76 Å². The Morgan fingerprint density at radius 1 is 1.25 bits per heavy atom. The van der Waals surface area contributed by atoms with Crippen LogP contribution in [0, 0.1) is 0 Å². The van der Waals surface area contributed by atoms with E-state index in [2.05, 4.69) is 5.23 Å². The fourth-order valence-corrected chi connectivity index (χ4v) is 1.21. The summed E-state index contributed by atoms with van der Waals surface area (Å²) in [7, 11) is 0.0974. The third-order valence-corrected chi connectivity index (χ3v) is 1.81. The topological polar surface area (TPSA) is 21.3 Å². The summed E-state index contributed by atoms with van der Waals surface area (Å²) in [5.41, 5.74) is 1.12. The standard InChI is InChI=1S/C9H10BNO/c1-10-11-7-9(12-10)8-5-3-2-4-6-8/h2-7,11H,1H3. The average Bonchev–Trinajstić information content (AvgIpc) is 2.54. The first-order valence-electron chi connectivity index (χ1n) is 4.04. The SMILES string of the molecule is CB1NC=C(c2ccccc2)O1. The molecule has 0 saturated heterocycles. The van der Waals surface area contributed by atoms with Gasteiger partial charge in [0, 0.05) is 11.8 Å². The van der Waals surface area contributed by atoms with E-state index >= 15 is 0 Å². The van der Waals surface area contributed by atoms with Gasteiger partial charge in [0.15, 0.2) is 0 Å². The zero-order valence-electron chi connectivity index (χ0n) is 6.95. The van der Waals surface area contributed by atoms with Gasteiger partial charge in [0.2, 0.25) is 0 Å². The van der Waals surface area contributed by atoms with Crippen LogP contribution in [0.1, 0.15) is 5.56 Å². The minimum absolute atomic E-state index is 0.0974. The molecule has 12 heavy (non-hydrogen) atoms. The van der Waals surface area contributed by atoms with Gasteiger partial charge < -0.3 is 9.88 Å². The Kier molecular flexibility index (Phi) is 1.78. The summed E-state index contributed by atoms with van der Waals surface area (Å²) >= 11 is 0. The van der Waals surface area contributed by atoms with Crippen LogP contribution >= 0.6 is 0 Å². The van der Waals surface area contributed by atoms with Crippen LogP contribution < -0.4 is 5.23 Å². The van der Waals surface area contributed by atoms with Gasteiger partial charge in [-0.2, -0.15) is 0 Å². The minimum atomic E-state index is 0.0974. The van der Waals surface area contributed by atoms with Crippen LogP contribution in [0.5, 0.6) is 0 Å².